The second-order valence-corrected chi connectivity index (χ2v) is 7.73. The maximum Gasteiger partial charge on any atom is 0.0451 e. The minimum atomic E-state index is 0.776. The van der Waals surface area contributed by atoms with E-state index in [0.717, 1.165) is 29.7 Å². The van der Waals surface area contributed by atoms with Crippen molar-refractivity contribution in [2.75, 3.05) is 26.7 Å². The number of piperidine rings is 1. The molecule has 0 aliphatic carbocycles. The van der Waals surface area contributed by atoms with Gasteiger partial charge in [0.25, 0.3) is 0 Å². The Bertz CT molecular complexity index is 637. The van der Waals surface area contributed by atoms with Gasteiger partial charge in [0.2, 0.25) is 0 Å². The van der Waals surface area contributed by atoms with Crippen molar-refractivity contribution < 1.29 is 0 Å². The predicted octanol–water partition coefficient (Wildman–Crippen LogP) is 6.12. The summed E-state index contributed by atoms with van der Waals surface area (Å²) in [6.07, 6.45) is 4.28. The lowest BCUT2D eigenvalue weighted by Crippen LogP contribution is -2.24. The Morgan fingerprint density at radius 3 is 2.08 bits per heavy atom. The highest BCUT2D eigenvalue weighted by Gasteiger charge is 2.07. The summed E-state index contributed by atoms with van der Waals surface area (Å²) in [5.74, 6) is 0. The molecular weight excluding hydrogens is 363 g/mol. The first-order valence-corrected chi connectivity index (χ1v) is 10.2. The van der Waals surface area contributed by atoms with Gasteiger partial charge in [0.15, 0.2) is 0 Å². The van der Waals surface area contributed by atoms with Crippen LogP contribution in [0, 0.1) is 0 Å². The van der Waals surface area contributed by atoms with Gasteiger partial charge in [-0.2, -0.15) is 0 Å². The zero-order valence-electron chi connectivity index (χ0n) is 15.9. The zero-order valence-corrected chi connectivity index (χ0v) is 17.4. The molecule has 0 unspecified atom stereocenters. The number of likely N-dealkylation sites (tertiary alicyclic amines) is 1. The standard InChI is InChI=1S/C16H17Cl2N.C6H13N/c1-2-19(11-13-7-9-15(17)10-8-13)12-14-5-3-4-6-16(14)18;1-7-5-3-2-4-6-7/h3-10H,2,11-12H2,1H3;2-6H2,1H3. The summed E-state index contributed by atoms with van der Waals surface area (Å²) >= 11 is 12.1. The molecule has 0 amide bonds. The molecule has 2 nitrogen and oxygen atoms in total. The molecule has 0 saturated carbocycles. The minimum absolute atomic E-state index is 0.776. The Morgan fingerprint density at radius 2 is 1.54 bits per heavy atom. The SMILES string of the molecule is CCN(Cc1ccc(Cl)cc1)Cc1ccccc1Cl.CN1CCCCC1. The first kappa shape index (κ1) is 21.2. The van der Waals surface area contributed by atoms with E-state index in [9.17, 15) is 0 Å². The lowest BCUT2D eigenvalue weighted by atomic mass is 10.1. The Balaban J connectivity index is 0.000000290. The van der Waals surface area contributed by atoms with E-state index in [0.29, 0.717) is 0 Å². The molecule has 1 heterocycles. The molecule has 2 aromatic rings. The van der Waals surface area contributed by atoms with E-state index < -0.39 is 0 Å². The van der Waals surface area contributed by atoms with Gasteiger partial charge >= 0.3 is 0 Å². The van der Waals surface area contributed by atoms with Gasteiger partial charge in [-0.05, 0) is 68.8 Å². The summed E-state index contributed by atoms with van der Waals surface area (Å²) in [6, 6.07) is 16.0. The van der Waals surface area contributed by atoms with E-state index in [1.54, 1.807) is 0 Å². The van der Waals surface area contributed by atoms with Crippen molar-refractivity contribution in [3.8, 4) is 0 Å². The second kappa shape index (κ2) is 11.6. The molecule has 0 aromatic heterocycles. The normalized spacial score (nSPS) is 14.8. The lowest BCUT2D eigenvalue weighted by molar-refractivity contribution is 0.271. The van der Waals surface area contributed by atoms with Gasteiger partial charge in [-0.3, -0.25) is 4.90 Å². The molecule has 3 rings (SSSR count). The summed E-state index contributed by atoms with van der Waals surface area (Å²) in [7, 11) is 2.19. The Morgan fingerprint density at radius 1 is 0.885 bits per heavy atom. The molecule has 1 aliphatic rings. The second-order valence-electron chi connectivity index (χ2n) is 6.89. The van der Waals surface area contributed by atoms with Crippen LogP contribution >= 0.6 is 23.2 Å². The van der Waals surface area contributed by atoms with Gasteiger partial charge < -0.3 is 4.90 Å². The first-order chi connectivity index (χ1) is 12.6. The summed E-state index contributed by atoms with van der Waals surface area (Å²) in [6.45, 7) is 7.54. The molecule has 2 aromatic carbocycles. The third-order valence-corrected chi connectivity index (χ3v) is 5.32. The van der Waals surface area contributed by atoms with Gasteiger partial charge in [-0.1, -0.05) is 66.9 Å². The van der Waals surface area contributed by atoms with Crippen LogP contribution in [0.3, 0.4) is 0 Å². The van der Waals surface area contributed by atoms with E-state index in [4.69, 9.17) is 23.2 Å². The van der Waals surface area contributed by atoms with E-state index >= 15 is 0 Å². The smallest absolute Gasteiger partial charge is 0.0451 e. The molecule has 1 aliphatic heterocycles. The van der Waals surface area contributed by atoms with Gasteiger partial charge in [0.1, 0.15) is 0 Å². The highest BCUT2D eigenvalue weighted by atomic mass is 35.5. The van der Waals surface area contributed by atoms with Gasteiger partial charge in [0, 0.05) is 23.1 Å². The van der Waals surface area contributed by atoms with Gasteiger partial charge in [-0.25, -0.2) is 0 Å². The van der Waals surface area contributed by atoms with Crippen LogP contribution in [0.1, 0.15) is 37.3 Å². The number of nitrogens with zero attached hydrogens (tertiary/aromatic N) is 2. The van der Waals surface area contributed by atoms with Crippen LogP contribution in [0.2, 0.25) is 10.0 Å². The number of hydrogen-bond acceptors (Lipinski definition) is 2. The Labute approximate surface area is 168 Å². The van der Waals surface area contributed by atoms with E-state index in [1.165, 1.54) is 43.5 Å². The summed E-state index contributed by atoms with van der Waals surface area (Å²) < 4.78 is 0. The molecule has 4 heteroatoms. The first-order valence-electron chi connectivity index (χ1n) is 9.47. The molecule has 0 spiro atoms. The van der Waals surface area contributed by atoms with Crippen LogP contribution in [0.25, 0.3) is 0 Å². The van der Waals surface area contributed by atoms with Crippen molar-refractivity contribution in [2.45, 2.75) is 39.3 Å². The minimum Gasteiger partial charge on any atom is -0.306 e. The van der Waals surface area contributed by atoms with Crippen molar-refractivity contribution in [3.63, 3.8) is 0 Å². The predicted molar refractivity (Wildman–Crippen MR) is 114 cm³/mol. The van der Waals surface area contributed by atoms with Crippen LogP contribution in [-0.4, -0.2) is 36.5 Å². The van der Waals surface area contributed by atoms with E-state index in [1.807, 2.05) is 30.3 Å². The van der Waals surface area contributed by atoms with Crippen LogP contribution in [-0.2, 0) is 13.1 Å². The van der Waals surface area contributed by atoms with Crippen LogP contribution in [0.4, 0.5) is 0 Å². The quantitative estimate of drug-likeness (QED) is 0.604. The summed E-state index contributed by atoms with van der Waals surface area (Å²) in [4.78, 5) is 4.74. The fourth-order valence-electron chi connectivity index (χ4n) is 3.05. The van der Waals surface area contributed by atoms with Crippen molar-refractivity contribution in [2.24, 2.45) is 0 Å². The third kappa shape index (κ3) is 7.67. The molecule has 0 bridgehead atoms. The van der Waals surface area contributed by atoms with Crippen LogP contribution < -0.4 is 0 Å². The average Bonchev–Trinajstić information content (AvgIpc) is 2.66. The van der Waals surface area contributed by atoms with Crippen molar-refractivity contribution in [1.82, 2.24) is 9.80 Å². The van der Waals surface area contributed by atoms with Gasteiger partial charge in [0.05, 0.1) is 0 Å². The van der Waals surface area contributed by atoms with Crippen molar-refractivity contribution in [1.29, 1.82) is 0 Å². The number of benzene rings is 2. The molecule has 0 atom stereocenters. The molecule has 0 radical (unpaired) electrons. The monoisotopic (exact) mass is 392 g/mol. The highest BCUT2D eigenvalue weighted by molar-refractivity contribution is 6.31. The van der Waals surface area contributed by atoms with Crippen molar-refractivity contribution in [3.05, 3.63) is 69.7 Å². The molecule has 142 valence electrons. The van der Waals surface area contributed by atoms with Crippen molar-refractivity contribution >= 4 is 23.2 Å². The fraction of sp³-hybridized carbons (Fsp3) is 0.455. The Hall–Kier alpha value is -1.06. The maximum atomic E-state index is 6.20. The molecule has 1 fully saturated rings. The van der Waals surface area contributed by atoms with E-state index in [2.05, 4.69) is 42.0 Å². The average molecular weight is 393 g/mol. The largest absolute Gasteiger partial charge is 0.306 e. The third-order valence-electron chi connectivity index (χ3n) is 4.70. The molecule has 0 N–H and O–H groups in total. The topological polar surface area (TPSA) is 6.48 Å². The van der Waals surface area contributed by atoms with Crippen LogP contribution in [0.15, 0.2) is 48.5 Å². The van der Waals surface area contributed by atoms with Crippen LogP contribution in [0.5, 0.6) is 0 Å². The molecular formula is C22H30Cl2N2. The molecule has 1 saturated heterocycles. The molecule has 26 heavy (non-hydrogen) atoms. The fourth-order valence-corrected chi connectivity index (χ4v) is 3.37. The number of halogens is 2. The lowest BCUT2D eigenvalue weighted by Gasteiger charge is -2.21. The number of rotatable bonds is 5. The highest BCUT2D eigenvalue weighted by Crippen LogP contribution is 2.18. The van der Waals surface area contributed by atoms with Gasteiger partial charge in [-0.15, -0.1) is 0 Å². The summed E-state index contributed by atoms with van der Waals surface area (Å²) in [5.41, 5.74) is 2.43. The Kier molecular flexibility index (Phi) is 9.49. The zero-order chi connectivity index (χ0) is 18.8. The number of hydrogen-bond donors (Lipinski definition) is 0. The van der Waals surface area contributed by atoms with E-state index in [-0.39, 0.29) is 0 Å². The maximum absolute atomic E-state index is 6.20. The summed E-state index contributed by atoms with van der Waals surface area (Å²) in [5, 5.41) is 1.61.